The van der Waals surface area contributed by atoms with Crippen LogP contribution in [0, 0.1) is 0 Å². The number of hydrogen-bond donors (Lipinski definition) is 1. The van der Waals surface area contributed by atoms with Crippen molar-refractivity contribution in [2.75, 3.05) is 37.9 Å². The molecule has 3 aromatic carbocycles. The Bertz CT molecular complexity index is 1530. The van der Waals surface area contributed by atoms with Crippen molar-refractivity contribution in [1.29, 1.82) is 0 Å². The molecule has 5 rings (SSSR count). The zero-order chi connectivity index (χ0) is 26.1. The highest BCUT2D eigenvalue weighted by Gasteiger charge is 2.35. The second-order valence-electron chi connectivity index (χ2n) is 9.12. The maximum absolute atomic E-state index is 13.2. The normalized spacial score (nSPS) is 15.1. The van der Waals surface area contributed by atoms with E-state index in [0.29, 0.717) is 34.2 Å². The predicted molar refractivity (Wildman–Crippen MR) is 147 cm³/mol. The number of aliphatic imine (C=N–C) groups is 1. The third-order valence-corrected chi connectivity index (χ3v) is 6.43. The van der Waals surface area contributed by atoms with Crippen molar-refractivity contribution in [3.8, 4) is 0 Å². The standard InChI is InChI=1S/C28H25ClN6O2/c1-34(2)16-25(36)35(3)20-8-6-19(7-9-20)32-27(17-4-11-22-24(14-17)31-13-12-30-22)26-21-10-5-18(29)15-23(21)33-28(26)37/h4-15,26H,16H2,1-3H3,(H,33,37). The Morgan fingerprint density at radius 2 is 1.70 bits per heavy atom. The second kappa shape index (κ2) is 10.1. The summed E-state index contributed by atoms with van der Waals surface area (Å²) in [6.07, 6.45) is 3.28. The predicted octanol–water partition coefficient (Wildman–Crippen LogP) is 4.66. The van der Waals surface area contributed by atoms with Crippen molar-refractivity contribution in [3.63, 3.8) is 0 Å². The van der Waals surface area contributed by atoms with Crippen LogP contribution in [0.25, 0.3) is 11.0 Å². The van der Waals surface area contributed by atoms with Gasteiger partial charge in [0.15, 0.2) is 0 Å². The number of likely N-dealkylation sites (N-methyl/N-ethyl adjacent to an activating group) is 2. The lowest BCUT2D eigenvalue weighted by Gasteiger charge is -2.20. The van der Waals surface area contributed by atoms with Gasteiger partial charge in [0.1, 0.15) is 5.92 Å². The first-order valence-electron chi connectivity index (χ1n) is 11.7. The zero-order valence-electron chi connectivity index (χ0n) is 20.6. The van der Waals surface area contributed by atoms with E-state index in [1.54, 1.807) is 36.5 Å². The van der Waals surface area contributed by atoms with Crippen LogP contribution in [0.3, 0.4) is 0 Å². The van der Waals surface area contributed by atoms with E-state index in [-0.39, 0.29) is 11.8 Å². The number of carbonyl (C=O) groups is 2. The molecule has 4 aromatic rings. The van der Waals surface area contributed by atoms with E-state index in [4.69, 9.17) is 16.6 Å². The number of carbonyl (C=O) groups excluding carboxylic acids is 2. The SMILES string of the molecule is CN(C)CC(=O)N(C)c1ccc(N=C(c2ccc3nccnc3c2)C2C(=O)Nc3cc(Cl)ccc32)cc1. The van der Waals surface area contributed by atoms with Gasteiger partial charge in [-0.1, -0.05) is 23.7 Å². The number of amides is 2. The molecule has 0 aliphatic carbocycles. The lowest BCUT2D eigenvalue weighted by Crippen LogP contribution is -2.34. The molecule has 1 unspecified atom stereocenters. The van der Waals surface area contributed by atoms with Crippen LogP contribution in [0.1, 0.15) is 17.0 Å². The molecule has 8 nitrogen and oxygen atoms in total. The molecule has 2 heterocycles. The monoisotopic (exact) mass is 512 g/mol. The first-order chi connectivity index (χ1) is 17.8. The van der Waals surface area contributed by atoms with Crippen LogP contribution in [-0.4, -0.2) is 60.1 Å². The molecule has 1 aliphatic rings. The number of aromatic nitrogens is 2. The van der Waals surface area contributed by atoms with Gasteiger partial charge in [-0.2, -0.15) is 0 Å². The number of benzene rings is 3. The maximum atomic E-state index is 13.2. The molecule has 1 aromatic heterocycles. The number of anilines is 2. The van der Waals surface area contributed by atoms with E-state index in [2.05, 4.69) is 15.3 Å². The summed E-state index contributed by atoms with van der Waals surface area (Å²) in [6.45, 7) is 0.311. The highest BCUT2D eigenvalue weighted by atomic mass is 35.5. The topological polar surface area (TPSA) is 90.8 Å². The van der Waals surface area contributed by atoms with Gasteiger partial charge in [0.25, 0.3) is 0 Å². The third kappa shape index (κ3) is 5.07. The minimum atomic E-state index is -0.634. The van der Waals surface area contributed by atoms with Crippen molar-refractivity contribution in [3.05, 3.63) is 89.2 Å². The average Bonchev–Trinajstić information content (AvgIpc) is 3.21. The highest BCUT2D eigenvalue weighted by Crippen LogP contribution is 2.38. The molecule has 37 heavy (non-hydrogen) atoms. The summed E-state index contributed by atoms with van der Waals surface area (Å²) in [4.78, 5) is 42.8. The first kappa shape index (κ1) is 24.5. The van der Waals surface area contributed by atoms with Gasteiger partial charge in [0.05, 0.1) is 29.0 Å². The van der Waals surface area contributed by atoms with Crippen LogP contribution in [0.5, 0.6) is 0 Å². The summed E-state index contributed by atoms with van der Waals surface area (Å²) < 4.78 is 0. The summed E-state index contributed by atoms with van der Waals surface area (Å²) in [5.41, 5.74) is 5.69. The fourth-order valence-corrected chi connectivity index (χ4v) is 4.51. The van der Waals surface area contributed by atoms with E-state index < -0.39 is 5.92 Å². The van der Waals surface area contributed by atoms with Crippen LogP contribution in [0.2, 0.25) is 5.02 Å². The van der Waals surface area contributed by atoms with Crippen LogP contribution in [0.4, 0.5) is 17.1 Å². The molecule has 2 amide bonds. The lowest BCUT2D eigenvalue weighted by atomic mass is 9.90. The van der Waals surface area contributed by atoms with Gasteiger partial charge in [0.2, 0.25) is 11.8 Å². The molecule has 186 valence electrons. The van der Waals surface area contributed by atoms with Gasteiger partial charge in [-0.3, -0.25) is 24.5 Å². The van der Waals surface area contributed by atoms with Crippen molar-refractivity contribution in [2.45, 2.75) is 5.92 Å². The summed E-state index contributed by atoms with van der Waals surface area (Å²) in [5.74, 6) is -0.830. The van der Waals surface area contributed by atoms with E-state index >= 15 is 0 Å². The Morgan fingerprint density at radius 1 is 0.973 bits per heavy atom. The molecular weight excluding hydrogens is 488 g/mol. The van der Waals surface area contributed by atoms with E-state index in [1.165, 1.54) is 0 Å². The number of nitrogens with one attached hydrogen (secondary N) is 1. The number of fused-ring (bicyclic) bond motifs is 2. The molecule has 1 aliphatic heterocycles. The van der Waals surface area contributed by atoms with Crippen molar-refractivity contribution < 1.29 is 9.59 Å². The molecule has 0 bridgehead atoms. The Hall–Kier alpha value is -4.14. The fourth-order valence-electron chi connectivity index (χ4n) is 4.33. The van der Waals surface area contributed by atoms with Gasteiger partial charge in [-0.15, -0.1) is 0 Å². The molecule has 0 radical (unpaired) electrons. The van der Waals surface area contributed by atoms with Crippen molar-refractivity contribution in [1.82, 2.24) is 14.9 Å². The van der Waals surface area contributed by atoms with Crippen LogP contribution < -0.4 is 10.2 Å². The Labute approximate surface area is 219 Å². The molecule has 9 heteroatoms. The van der Waals surface area contributed by atoms with Gasteiger partial charge in [-0.25, -0.2) is 0 Å². The summed E-state index contributed by atoms with van der Waals surface area (Å²) in [5, 5.41) is 3.48. The van der Waals surface area contributed by atoms with Gasteiger partial charge >= 0.3 is 0 Å². The molecule has 1 N–H and O–H groups in total. The molecule has 0 fully saturated rings. The Morgan fingerprint density at radius 3 is 2.43 bits per heavy atom. The molecule has 1 atom stereocenters. The van der Waals surface area contributed by atoms with Gasteiger partial charge in [0, 0.05) is 35.8 Å². The van der Waals surface area contributed by atoms with Gasteiger partial charge in [-0.05, 0) is 73.8 Å². The highest BCUT2D eigenvalue weighted by molar-refractivity contribution is 6.31. The Kier molecular flexibility index (Phi) is 6.69. The minimum absolute atomic E-state index is 0.0166. The number of nitrogens with zero attached hydrogens (tertiary/aromatic N) is 5. The number of rotatable bonds is 6. The van der Waals surface area contributed by atoms with E-state index in [9.17, 15) is 9.59 Å². The molecular formula is C28H25ClN6O2. The molecule has 0 spiro atoms. The van der Waals surface area contributed by atoms with E-state index in [1.807, 2.05) is 67.5 Å². The van der Waals surface area contributed by atoms with Crippen molar-refractivity contribution in [2.24, 2.45) is 4.99 Å². The number of hydrogen-bond acceptors (Lipinski definition) is 6. The smallest absolute Gasteiger partial charge is 0.240 e. The fraction of sp³-hybridized carbons (Fsp3) is 0.179. The van der Waals surface area contributed by atoms with Crippen LogP contribution in [0.15, 0.2) is 78.0 Å². The number of halogens is 1. The second-order valence-corrected chi connectivity index (χ2v) is 9.55. The van der Waals surface area contributed by atoms with Crippen molar-refractivity contribution >= 4 is 57.2 Å². The van der Waals surface area contributed by atoms with E-state index in [0.717, 1.165) is 22.3 Å². The summed E-state index contributed by atoms with van der Waals surface area (Å²) in [7, 11) is 5.46. The largest absolute Gasteiger partial charge is 0.325 e. The van der Waals surface area contributed by atoms with Gasteiger partial charge < -0.3 is 15.1 Å². The quantitative estimate of drug-likeness (QED) is 0.379. The molecule has 0 saturated heterocycles. The van der Waals surface area contributed by atoms with Crippen LogP contribution in [-0.2, 0) is 9.59 Å². The summed E-state index contributed by atoms with van der Waals surface area (Å²) in [6, 6.07) is 18.4. The first-order valence-corrected chi connectivity index (χ1v) is 12.1. The zero-order valence-corrected chi connectivity index (χ0v) is 21.4. The maximum Gasteiger partial charge on any atom is 0.240 e. The molecule has 0 saturated carbocycles. The lowest BCUT2D eigenvalue weighted by molar-refractivity contribution is -0.119. The van der Waals surface area contributed by atoms with Crippen LogP contribution >= 0.6 is 11.6 Å². The third-order valence-electron chi connectivity index (χ3n) is 6.20. The minimum Gasteiger partial charge on any atom is -0.325 e. The average molecular weight is 513 g/mol. The Balaban J connectivity index is 1.57. The summed E-state index contributed by atoms with van der Waals surface area (Å²) >= 11 is 6.17.